The summed E-state index contributed by atoms with van der Waals surface area (Å²) in [5.41, 5.74) is 0. The number of carbonyl (C=O) groups is 3. The number of nitrogens with zero attached hydrogens (tertiary/aromatic N) is 1. The van der Waals surface area contributed by atoms with Crippen LogP contribution in [0, 0.1) is 0 Å². The van der Waals surface area contributed by atoms with E-state index in [0.29, 0.717) is 17.4 Å². The maximum atomic E-state index is 12.7. The smallest absolute Gasteiger partial charge is 0.306 e. The fourth-order valence-electron chi connectivity index (χ4n) is 5.23. The zero-order valence-electron chi connectivity index (χ0n) is 34.8. The fourth-order valence-corrected chi connectivity index (χ4v) is 5.23. The quantitative estimate of drug-likeness (QED) is 0.0203. The van der Waals surface area contributed by atoms with E-state index >= 15 is 0 Å². The molecule has 9 heteroatoms. The van der Waals surface area contributed by atoms with Crippen LogP contribution in [0.25, 0.3) is 0 Å². The summed E-state index contributed by atoms with van der Waals surface area (Å²) in [4.78, 5) is 36.8. The minimum Gasteiger partial charge on any atom is -0.545 e. The molecule has 0 saturated carbocycles. The lowest BCUT2D eigenvalue weighted by atomic mass is 10.1. The highest BCUT2D eigenvalue weighted by Gasteiger charge is 2.21. The molecule has 0 radical (unpaired) electrons. The highest BCUT2D eigenvalue weighted by molar-refractivity contribution is 5.70. The van der Waals surface area contributed by atoms with Crippen LogP contribution in [0.1, 0.15) is 149 Å². The summed E-state index contributed by atoms with van der Waals surface area (Å²) in [6.07, 6.45) is 39.7. The first kappa shape index (κ1) is 51.0. The number of rotatable bonds is 37. The first-order valence-electron chi connectivity index (χ1n) is 20.9. The molecule has 2 atom stereocenters. The molecule has 0 heterocycles. The van der Waals surface area contributed by atoms with Crippen molar-refractivity contribution < 1.29 is 42.9 Å². The Bertz CT molecular complexity index is 1070. The van der Waals surface area contributed by atoms with E-state index in [-0.39, 0.29) is 38.6 Å². The van der Waals surface area contributed by atoms with Crippen molar-refractivity contribution in [1.82, 2.24) is 0 Å². The van der Waals surface area contributed by atoms with Gasteiger partial charge in [-0.1, -0.05) is 126 Å². The number of carbonyl (C=O) groups excluding carboxylic acids is 3. The summed E-state index contributed by atoms with van der Waals surface area (Å²) in [5, 5.41) is 11.7. The third-order valence-corrected chi connectivity index (χ3v) is 8.48. The number of quaternary nitrogens is 1. The number of carboxylic acids is 1. The monoisotopic (exact) mass is 760 g/mol. The van der Waals surface area contributed by atoms with Gasteiger partial charge in [-0.05, 0) is 70.6 Å². The van der Waals surface area contributed by atoms with E-state index in [1.54, 1.807) is 0 Å². The Morgan fingerprint density at radius 1 is 0.574 bits per heavy atom. The average molecular weight is 760 g/mol. The number of ether oxygens (including phenoxy) is 4. The lowest BCUT2D eigenvalue weighted by Gasteiger charge is -2.26. The van der Waals surface area contributed by atoms with Crippen molar-refractivity contribution >= 4 is 17.9 Å². The van der Waals surface area contributed by atoms with Gasteiger partial charge in [0.15, 0.2) is 12.4 Å². The number of allylic oxidation sites excluding steroid dienone is 10. The summed E-state index contributed by atoms with van der Waals surface area (Å²) in [7, 11) is 5.89. The number of aliphatic carboxylic acids is 1. The van der Waals surface area contributed by atoms with E-state index in [4.69, 9.17) is 18.9 Å². The maximum Gasteiger partial charge on any atom is 0.306 e. The molecule has 2 unspecified atom stereocenters. The minimum absolute atomic E-state index is 0.140. The van der Waals surface area contributed by atoms with Gasteiger partial charge < -0.3 is 33.3 Å². The molecule has 9 nitrogen and oxygen atoms in total. The molecule has 0 spiro atoms. The van der Waals surface area contributed by atoms with Gasteiger partial charge in [-0.3, -0.25) is 9.59 Å². The maximum absolute atomic E-state index is 12.7. The topological polar surface area (TPSA) is 111 Å². The molecule has 0 aliphatic heterocycles. The number of likely N-dealkylation sites (N-methyl/N-ethyl adjacent to an activating group) is 1. The summed E-state index contributed by atoms with van der Waals surface area (Å²) < 4.78 is 22.4. The molecule has 0 fully saturated rings. The molecular weight excluding hydrogens is 682 g/mol. The van der Waals surface area contributed by atoms with E-state index in [9.17, 15) is 19.5 Å². The van der Waals surface area contributed by atoms with Gasteiger partial charge in [0.25, 0.3) is 0 Å². The van der Waals surface area contributed by atoms with E-state index < -0.39 is 24.3 Å². The molecule has 0 aromatic heterocycles. The van der Waals surface area contributed by atoms with Crippen LogP contribution in [0.3, 0.4) is 0 Å². The van der Waals surface area contributed by atoms with E-state index in [2.05, 4.69) is 74.6 Å². The first-order valence-corrected chi connectivity index (χ1v) is 20.9. The molecule has 0 rings (SSSR count). The van der Waals surface area contributed by atoms with Crippen molar-refractivity contribution in [3.05, 3.63) is 60.8 Å². The van der Waals surface area contributed by atoms with Gasteiger partial charge in [-0.15, -0.1) is 0 Å². The molecule has 0 aliphatic carbocycles. The number of hydrogen-bond acceptors (Lipinski definition) is 8. The average Bonchev–Trinajstić information content (AvgIpc) is 3.12. The highest BCUT2D eigenvalue weighted by atomic mass is 16.7. The van der Waals surface area contributed by atoms with Gasteiger partial charge in [0.2, 0.25) is 0 Å². The van der Waals surface area contributed by atoms with Crippen LogP contribution in [-0.2, 0) is 33.3 Å². The lowest BCUT2D eigenvalue weighted by Crippen LogP contribution is -2.44. The Morgan fingerprint density at radius 2 is 1.06 bits per heavy atom. The molecule has 54 heavy (non-hydrogen) atoms. The molecule has 0 N–H and O–H groups in total. The minimum atomic E-state index is -1.63. The Kier molecular flexibility index (Phi) is 34.9. The number of esters is 2. The second-order valence-corrected chi connectivity index (χ2v) is 14.9. The standard InChI is InChI=1S/C45H77NO8/c1-6-8-10-12-14-16-18-19-20-21-22-23-24-25-26-28-30-32-34-36-43(48)54-41(40-53-45(44(49)50)51-38-37-46(3,4)5)39-52-42(47)35-33-31-29-27-17-15-13-11-9-7-2/h8,10-11,13-14,16,19-20,22-23,41,45H,6-7,9,12,15,17-18,21,24-40H2,1-5H3/b10-8-,13-11-,16-14-,20-19-,23-22-. The van der Waals surface area contributed by atoms with Crippen molar-refractivity contribution in [2.45, 2.75) is 161 Å². The predicted molar refractivity (Wildman–Crippen MR) is 218 cm³/mol. The highest BCUT2D eigenvalue weighted by Crippen LogP contribution is 2.12. The van der Waals surface area contributed by atoms with E-state index in [0.717, 1.165) is 109 Å². The fraction of sp³-hybridized carbons (Fsp3) is 0.711. The zero-order valence-corrected chi connectivity index (χ0v) is 34.8. The van der Waals surface area contributed by atoms with Crippen LogP contribution in [0.15, 0.2) is 60.8 Å². The largest absolute Gasteiger partial charge is 0.545 e. The first-order chi connectivity index (χ1) is 26.1. The summed E-state index contributed by atoms with van der Waals surface area (Å²) in [5.74, 6) is -2.33. The molecule has 0 aliphatic rings. The number of carboxylic acid groups (broad SMARTS) is 1. The summed E-state index contributed by atoms with van der Waals surface area (Å²) >= 11 is 0. The SMILES string of the molecule is CC/C=C\C/C=C\C/C=C\C/C=C\CCCCCCCCC(=O)OC(COC(=O)CCCCCCC/C=C\CCC)COC(OCC[N+](C)(C)C)C(=O)[O-]. The van der Waals surface area contributed by atoms with Gasteiger partial charge >= 0.3 is 11.9 Å². The Hall–Kier alpha value is -3.01. The molecule has 0 bridgehead atoms. The second kappa shape index (κ2) is 36.9. The summed E-state index contributed by atoms with van der Waals surface area (Å²) in [6, 6.07) is 0. The van der Waals surface area contributed by atoms with Crippen molar-refractivity contribution in [1.29, 1.82) is 0 Å². The van der Waals surface area contributed by atoms with Crippen LogP contribution in [0.4, 0.5) is 0 Å². The van der Waals surface area contributed by atoms with Crippen LogP contribution in [-0.4, -0.2) is 82.3 Å². The van der Waals surface area contributed by atoms with Gasteiger partial charge in [-0.25, -0.2) is 0 Å². The van der Waals surface area contributed by atoms with Crippen molar-refractivity contribution in [2.75, 3.05) is 47.5 Å². The van der Waals surface area contributed by atoms with Crippen LogP contribution in [0.5, 0.6) is 0 Å². The third-order valence-electron chi connectivity index (χ3n) is 8.48. The van der Waals surface area contributed by atoms with E-state index in [1.165, 1.54) is 6.42 Å². The Morgan fingerprint density at radius 3 is 1.59 bits per heavy atom. The van der Waals surface area contributed by atoms with E-state index in [1.807, 2.05) is 21.1 Å². The Labute approximate surface area is 329 Å². The zero-order chi connectivity index (χ0) is 40.0. The van der Waals surface area contributed by atoms with Gasteiger partial charge in [-0.2, -0.15) is 0 Å². The van der Waals surface area contributed by atoms with Crippen LogP contribution in [0.2, 0.25) is 0 Å². The number of hydrogen-bond donors (Lipinski definition) is 0. The Balaban J connectivity index is 4.49. The van der Waals surface area contributed by atoms with Crippen molar-refractivity contribution in [3.8, 4) is 0 Å². The molecular formula is C45H77NO8. The lowest BCUT2D eigenvalue weighted by molar-refractivity contribution is -0.870. The third kappa shape index (κ3) is 37.3. The molecule has 0 amide bonds. The molecule has 0 saturated heterocycles. The molecule has 0 aromatic carbocycles. The van der Waals surface area contributed by atoms with Crippen molar-refractivity contribution in [2.24, 2.45) is 0 Å². The van der Waals surface area contributed by atoms with Crippen LogP contribution < -0.4 is 5.11 Å². The van der Waals surface area contributed by atoms with Gasteiger partial charge in [0.05, 0.1) is 40.3 Å². The van der Waals surface area contributed by atoms with Crippen LogP contribution >= 0.6 is 0 Å². The van der Waals surface area contributed by atoms with Gasteiger partial charge in [0.1, 0.15) is 13.2 Å². The van der Waals surface area contributed by atoms with Crippen molar-refractivity contribution in [3.63, 3.8) is 0 Å². The normalized spacial score (nSPS) is 13.6. The van der Waals surface area contributed by atoms with Gasteiger partial charge in [0, 0.05) is 12.8 Å². The molecule has 310 valence electrons. The number of unbranched alkanes of at least 4 members (excludes halogenated alkanes) is 12. The predicted octanol–water partition coefficient (Wildman–Crippen LogP) is 9.27. The molecule has 0 aromatic rings. The summed E-state index contributed by atoms with van der Waals surface area (Å²) in [6.45, 7) is 4.51. The second-order valence-electron chi connectivity index (χ2n) is 14.9.